The number of hydrogen-bond acceptors (Lipinski definition) is 4. The summed E-state index contributed by atoms with van der Waals surface area (Å²) in [5.74, 6) is -0.307. The third kappa shape index (κ3) is 2.95. The lowest BCUT2D eigenvalue weighted by Gasteiger charge is -2.11. The molecular formula is C19H14F2N4O. The number of aryl methyl sites for hydroxylation is 1. The average Bonchev–Trinajstić information content (AvgIpc) is 2.99. The molecule has 130 valence electrons. The van der Waals surface area contributed by atoms with Crippen molar-refractivity contribution in [3.63, 3.8) is 0 Å². The van der Waals surface area contributed by atoms with Crippen molar-refractivity contribution in [3.8, 4) is 17.0 Å². The second-order valence-corrected chi connectivity index (χ2v) is 5.95. The molecule has 3 N–H and O–H groups in total. The molecule has 2 heterocycles. The Labute approximate surface area is 147 Å². The van der Waals surface area contributed by atoms with Crippen LogP contribution in [-0.2, 0) is 0 Å². The Morgan fingerprint density at radius 2 is 1.85 bits per heavy atom. The van der Waals surface area contributed by atoms with E-state index in [0.29, 0.717) is 28.1 Å². The Bertz CT molecular complexity index is 1120. The number of phenolic OH excluding ortho intramolecular Hbond substituents is 1. The van der Waals surface area contributed by atoms with Crippen LogP contribution in [0.2, 0.25) is 0 Å². The van der Waals surface area contributed by atoms with Gasteiger partial charge in [0.2, 0.25) is 0 Å². The number of pyridine rings is 1. The first-order valence-electron chi connectivity index (χ1n) is 7.88. The molecule has 0 saturated heterocycles. The summed E-state index contributed by atoms with van der Waals surface area (Å²) >= 11 is 0. The number of aromatic amines is 1. The Kier molecular flexibility index (Phi) is 3.76. The molecule has 4 aromatic rings. The predicted molar refractivity (Wildman–Crippen MR) is 95.4 cm³/mol. The van der Waals surface area contributed by atoms with Gasteiger partial charge in [0.05, 0.1) is 5.69 Å². The number of benzene rings is 2. The van der Waals surface area contributed by atoms with Gasteiger partial charge in [0.1, 0.15) is 23.2 Å². The molecule has 5 nitrogen and oxygen atoms in total. The number of fused-ring (bicyclic) bond motifs is 1. The number of nitrogens with zero attached hydrogens (tertiary/aromatic N) is 2. The number of halogens is 2. The van der Waals surface area contributed by atoms with E-state index in [1.165, 1.54) is 18.2 Å². The third-order valence-electron chi connectivity index (χ3n) is 3.96. The van der Waals surface area contributed by atoms with Crippen LogP contribution < -0.4 is 5.32 Å². The van der Waals surface area contributed by atoms with E-state index in [1.807, 2.05) is 6.92 Å². The first kappa shape index (κ1) is 16.0. The van der Waals surface area contributed by atoms with Gasteiger partial charge in [-0.15, -0.1) is 0 Å². The molecule has 0 radical (unpaired) electrons. The number of hydrogen-bond donors (Lipinski definition) is 3. The zero-order valence-corrected chi connectivity index (χ0v) is 13.7. The minimum Gasteiger partial charge on any atom is -0.508 e. The molecule has 2 aromatic carbocycles. The van der Waals surface area contributed by atoms with E-state index in [-0.39, 0.29) is 11.3 Å². The van der Waals surface area contributed by atoms with Crippen molar-refractivity contribution >= 4 is 22.4 Å². The Hall–Kier alpha value is -3.48. The molecular weight excluding hydrogens is 338 g/mol. The number of H-pyrrole nitrogens is 1. The van der Waals surface area contributed by atoms with Gasteiger partial charge in [0.15, 0.2) is 5.82 Å². The van der Waals surface area contributed by atoms with Gasteiger partial charge >= 0.3 is 0 Å². The van der Waals surface area contributed by atoms with Gasteiger partial charge in [-0.05, 0) is 48.7 Å². The number of aromatic nitrogens is 3. The Balaban J connectivity index is 1.91. The van der Waals surface area contributed by atoms with Crippen LogP contribution in [0.25, 0.3) is 22.0 Å². The van der Waals surface area contributed by atoms with Crippen LogP contribution in [0.3, 0.4) is 0 Å². The lowest BCUT2D eigenvalue weighted by molar-refractivity contribution is 0.476. The molecule has 0 spiro atoms. The minimum atomic E-state index is -0.709. The summed E-state index contributed by atoms with van der Waals surface area (Å²) in [7, 11) is 0. The molecule has 0 aliphatic heterocycles. The second-order valence-electron chi connectivity index (χ2n) is 5.95. The fraction of sp³-hybridized carbons (Fsp3) is 0.0526. The van der Waals surface area contributed by atoms with E-state index in [1.54, 1.807) is 24.3 Å². The third-order valence-corrected chi connectivity index (χ3v) is 3.96. The average molecular weight is 352 g/mol. The lowest BCUT2D eigenvalue weighted by atomic mass is 10.0. The lowest BCUT2D eigenvalue weighted by Crippen LogP contribution is -1.98. The second kappa shape index (κ2) is 6.11. The molecule has 0 aliphatic carbocycles. The van der Waals surface area contributed by atoms with Gasteiger partial charge in [-0.1, -0.05) is 0 Å². The van der Waals surface area contributed by atoms with E-state index in [4.69, 9.17) is 0 Å². The number of aromatic hydroxyl groups is 1. The van der Waals surface area contributed by atoms with Crippen LogP contribution in [-0.4, -0.2) is 20.3 Å². The van der Waals surface area contributed by atoms with Crippen LogP contribution in [0.1, 0.15) is 5.69 Å². The fourth-order valence-corrected chi connectivity index (χ4v) is 2.81. The zero-order chi connectivity index (χ0) is 18.3. The topological polar surface area (TPSA) is 73.8 Å². The SMILES string of the molecule is Cc1cc(Nc2cc3cc(O)ccc3c(-c3ccc(F)cc3F)n2)n[nH]1. The molecule has 0 atom stereocenters. The Morgan fingerprint density at radius 3 is 2.58 bits per heavy atom. The molecule has 0 aliphatic rings. The zero-order valence-electron chi connectivity index (χ0n) is 13.7. The molecule has 0 saturated carbocycles. The molecule has 26 heavy (non-hydrogen) atoms. The van der Waals surface area contributed by atoms with Crippen LogP contribution >= 0.6 is 0 Å². The summed E-state index contributed by atoms with van der Waals surface area (Å²) in [6.07, 6.45) is 0. The first-order valence-corrected chi connectivity index (χ1v) is 7.88. The van der Waals surface area contributed by atoms with Crippen LogP contribution in [0.5, 0.6) is 5.75 Å². The van der Waals surface area contributed by atoms with Crippen molar-refractivity contribution in [1.82, 2.24) is 15.2 Å². The highest BCUT2D eigenvalue weighted by molar-refractivity contribution is 5.97. The maximum atomic E-state index is 14.3. The monoisotopic (exact) mass is 352 g/mol. The molecule has 0 fully saturated rings. The van der Waals surface area contributed by atoms with E-state index >= 15 is 0 Å². The molecule has 0 unspecified atom stereocenters. The summed E-state index contributed by atoms with van der Waals surface area (Å²) in [6.45, 7) is 1.86. The highest BCUT2D eigenvalue weighted by Gasteiger charge is 2.14. The van der Waals surface area contributed by atoms with Crippen molar-refractivity contribution in [2.24, 2.45) is 0 Å². The van der Waals surface area contributed by atoms with Crippen LogP contribution in [0.15, 0.2) is 48.5 Å². The largest absolute Gasteiger partial charge is 0.508 e. The van der Waals surface area contributed by atoms with Gasteiger partial charge in [-0.25, -0.2) is 13.8 Å². The maximum Gasteiger partial charge on any atom is 0.153 e. The standard InChI is InChI=1S/C19H14F2N4O/c1-10-6-18(25-24-10)22-17-8-11-7-13(26)3-5-14(11)19(23-17)15-4-2-12(20)9-16(15)21/h2-9,26H,1H3,(H2,22,23,24,25). The molecule has 0 bridgehead atoms. The van der Waals surface area contributed by atoms with E-state index in [0.717, 1.165) is 11.8 Å². The molecule has 7 heteroatoms. The summed E-state index contributed by atoms with van der Waals surface area (Å²) in [5, 5.41) is 21.0. The normalized spacial score (nSPS) is 11.0. The maximum absolute atomic E-state index is 14.3. The number of phenols is 1. The minimum absolute atomic E-state index is 0.0794. The summed E-state index contributed by atoms with van der Waals surface area (Å²) in [4.78, 5) is 4.49. The molecule has 2 aromatic heterocycles. The van der Waals surface area contributed by atoms with Gasteiger partial charge in [0.25, 0.3) is 0 Å². The number of nitrogens with one attached hydrogen (secondary N) is 2. The smallest absolute Gasteiger partial charge is 0.153 e. The van der Waals surface area contributed by atoms with E-state index < -0.39 is 11.6 Å². The highest BCUT2D eigenvalue weighted by atomic mass is 19.1. The van der Waals surface area contributed by atoms with Crippen molar-refractivity contribution in [3.05, 3.63) is 65.9 Å². The van der Waals surface area contributed by atoms with Crippen molar-refractivity contribution < 1.29 is 13.9 Å². The van der Waals surface area contributed by atoms with Gasteiger partial charge in [0, 0.05) is 28.8 Å². The quantitative estimate of drug-likeness (QED) is 0.501. The van der Waals surface area contributed by atoms with E-state index in [9.17, 15) is 13.9 Å². The summed E-state index contributed by atoms with van der Waals surface area (Å²) in [6, 6.07) is 11.6. The predicted octanol–water partition coefficient (Wildman–Crippen LogP) is 4.66. The fourth-order valence-electron chi connectivity index (χ4n) is 2.81. The Morgan fingerprint density at radius 1 is 1.00 bits per heavy atom. The summed E-state index contributed by atoms with van der Waals surface area (Å²) < 4.78 is 27.6. The first-order chi connectivity index (χ1) is 12.5. The van der Waals surface area contributed by atoms with Crippen molar-refractivity contribution in [1.29, 1.82) is 0 Å². The number of rotatable bonds is 3. The van der Waals surface area contributed by atoms with E-state index in [2.05, 4.69) is 20.5 Å². The summed E-state index contributed by atoms with van der Waals surface area (Å²) in [5.41, 5.74) is 1.38. The highest BCUT2D eigenvalue weighted by Crippen LogP contribution is 2.33. The van der Waals surface area contributed by atoms with Gasteiger partial charge < -0.3 is 10.4 Å². The number of anilines is 2. The van der Waals surface area contributed by atoms with Crippen LogP contribution in [0.4, 0.5) is 20.4 Å². The molecule has 4 rings (SSSR count). The van der Waals surface area contributed by atoms with Gasteiger partial charge in [-0.3, -0.25) is 5.10 Å². The van der Waals surface area contributed by atoms with Gasteiger partial charge in [-0.2, -0.15) is 5.10 Å². The van der Waals surface area contributed by atoms with Crippen molar-refractivity contribution in [2.75, 3.05) is 5.32 Å². The van der Waals surface area contributed by atoms with Crippen LogP contribution in [0, 0.1) is 18.6 Å². The van der Waals surface area contributed by atoms with Crippen molar-refractivity contribution in [2.45, 2.75) is 6.92 Å². The molecule has 0 amide bonds.